The van der Waals surface area contributed by atoms with Gasteiger partial charge in [0.25, 0.3) is 0 Å². The fourth-order valence-electron chi connectivity index (χ4n) is 2.67. The molecule has 0 amide bonds. The van der Waals surface area contributed by atoms with Gasteiger partial charge in [-0.3, -0.25) is 0 Å². The number of hydrogen-bond donors (Lipinski definition) is 1. The van der Waals surface area contributed by atoms with Crippen LogP contribution >= 0.6 is 11.3 Å². The van der Waals surface area contributed by atoms with E-state index in [4.69, 9.17) is 15.2 Å². The fourth-order valence-corrected chi connectivity index (χ4v) is 3.85. The highest BCUT2D eigenvalue weighted by Crippen LogP contribution is 2.42. The van der Waals surface area contributed by atoms with E-state index < -0.39 is 11.9 Å². The lowest BCUT2D eigenvalue weighted by Gasteiger charge is -2.25. The predicted octanol–water partition coefficient (Wildman–Crippen LogP) is 3.74. The van der Waals surface area contributed by atoms with Crippen molar-refractivity contribution >= 4 is 17.3 Å². The Balaban J connectivity index is 2.46. The zero-order valence-electron chi connectivity index (χ0n) is 14.2. The van der Waals surface area contributed by atoms with Crippen LogP contribution in [0.3, 0.4) is 0 Å². The number of ether oxygens (including phenoxy) is 2. The minimum absolute atomic E-state index is 0.0524. The van der Waals surface area contributed by atoms with Gasteiger partial charge in [-0.1, -0.05) is 13.3 Å². The van der Waals surface area contributed by atoms with Gasteiger partial charge >= 0.3 is 5.97 Å². The number of unbranched alkanes of at least 4 members (excludes halogenated alkanes) is 1. The van der Waals surface area contributed by atoms with Crippen LogP contribution < -0.4 is 5.73 Å². The van der Waals surface area contributed by atoms with Crippen molar-refractivity contribution in [2.45, 2.75) is 46.0 Å². The Morgan fingerprint density at radius 1 is 1.46 bits per heavy atom. The molecule has 1 atom stereocenters. The minimum atomic E-state index is -0.525. The van der Waals surface area contributed by atoms with E-state index in [0.717, 1.165) is 24.1 Å². The van der Waals surface area contributed by atoms with Gasteiger partial charge in [-0.05, 0) is 38.8 Å². The Morgan fingerprint density at radius 3 is 2.83 bits per heavy atom. The average Bonchev–Trinajstić information content (AvgIpc) is 3.01. The molecule has 0 radical (unpaired) electrons. The van der Waals surface area contributed by atoms with Crippen LogP contribution in [0.5, 0.6) is 0 Å². The van der Waals surface area contributed by atoms with Crippen molar-refractivity contribution < 1.29 is 14.3 Å². The number of esters is 1. The van der Waals surface area contributed by atoms with Crippen molar-refractivity contribution in [3.8, 4) is 6.07 Å². The van der Waals surface area contributed by atoms with Gasteiger partial charge in [0.1, 0.15) is 17.4 Å². The third-order valence-corrected chi connectivity index (χ3v) is 5.05. The van der Waals surface area contributed by atoms with Crippen LogP contribution in [-0.4, -0.2) is 12.6 Å². The monoisotopic (exact) mass is 346 g/mol. The molecule has 24 heavy (non-hydrogen) atoms. The summed E-state index contributed by atoms with van der Waals surface area (Å²) in [5, 5.41) is 9.52. The van der Waals surface area contributed by atoms with E-state index in [-0.39, 0.29) is 18.1 Å². The summed E-state index contributed by atoms with van der Waals surface area (Å²) < 4.78 is 10.6. The summed E-state index contributed by atoms with van der Waals surface area (Å²) in [6.45, 7) is 5.83. The molecule has 6 heteroatoms. The molecule has 1 aromatic heterocycles. The minimum Gasteiger partial charge on any atom is -0.463 e. The zero-order valence-corrected chi connectivity index (χ0v) is 15.0. The molecule has 1 aliphatic rings. The van der Waals surface area contributed by atoms with E-state index in [9.17, 15) is 10.1 Å². The highest BCUT2D eigenvalue weighted by Gasteiger charge is 2.37. The molecule has 2 heterocycles. The molecule has 1 aliphatic heterocycles. The topological polar surface area (TPSA) is 85.3 Å². The summed E-state index contributed by atoms with van der Waals surface area (Å²) in [6, 6.07) is 6.11. The first-order valence-corrected chi connectivity index (χ1v) is 8.89. The van der Waals surface area contributed by atoms with Crippen LogP contribution in [0.2, 0.25) is 0 Å². The molecule has 128 valence electrons. The second-order valence-corrected chi connectivity index (χ2v) is 6.72. The second kappa shape index (κ2) is 8.02. The normalized spacial score (nSPS) is 17.5. The van der Waals surface area contributed by atoms with Crippen molar-refractivity contribution in [3.05, 3.63) is 44.7 Å². The van der Waals surface area contributed by atoms with Gasteiger partial charge in [-0.25, -0.2) is 4.79 Å². The van der Waals surface area contributed by atoms with E-state index in [0.29, 0.717) is 11.3 Å². The summed E-state index contributed by atoms with van der Waals surface area (Å²) in [7, 11) is 0. The Morgan fingerprint density at radius 2 is 2.21 bits per heavy atom. The highest BCUT2D eigenvalue weighted by molar-refractivity contribution is 7.12. The third-order valence-electron chi connectivity index (χ3n) is 3.84. The van der Waals surface area contributed by atoms with Gasteiger partial charge in [0, 0.05) is 9.75 Å². The number of carbonyl (C=O) groups is 1. The van der Waals surface area contributed by atoms with Crippen molar-refractivity contribution in [2.24, 2.45) is 5.73 Å². The first-order chi connectivity index (χ1) is 11.5. The van der Waals surface area contributed by atoms with Crippen LogP contribution in [0.4, 0.5) is 0 Å². The number of hydrogen-bond acceptors (Lipinski definition) is 6. The van der Waals surface area contributed by atoms with E-state index in [1.807, 2.05) is 6.07 Å². The molecule has 0 saturated carbocycles. The predicted molar refractivity (Wildman–Crippen MR) is 92.9 cm³/mol. The lowest BCUT2D eigenvalue weighted by atomic mass is 9.87. The van der Waals surface area contributed by atoms with Crippen LogP contribution in [0.1, 0.15) is 49.3 Å². The summed E-state index contributed by atoms with van der Waals surface area (Å²) in [5.41, 5.74) is 6.49. The maximum absolute atomic E-state index is 12.4. The van der Waals surface area contributed by atoms with Crippen molar-refractivity contribution in [2.75, 3.05) is 6.61 Å². The van der Waals surface area contributed by atoms with Crippen molar-refractivity contribution in [1.29, 1.82) is 5.26 Å². The molecule has 1 aromatic rings. The molecule has 0 fully saturated rings. The van der Waals surface area contributed by atoms with Crippen LogP contribution in [-0.2, 0) is 20.7 Å². The highest BCUT2D eigenvalue weighted by atomic mass is 32.1. The molecule has 0 spiro atoms. The Bertz CT molecular complexity index is 725. The average molecular weight is 346 g/mol. The Hall–Kier alpha value is -2.26. The number of nitrogens with two attached hydrogens (primary N) is 1. The van der Waals surface area contributed by atoms with Crippen molar-refractivity contribution in [1.82, 2.24) is 0 Å². The van der Waals surface area contributed by atoms with Gasteiger partial charge in [0.15, 0.2) is 0 Å². The largest absolute Gasteiger partial charge is 0.463 e. The van der Waals surface area contributed by atoms with E-state index in [1.165, 1.54) is 4.88 Å². The number of rotatable bonds is 6. The van der Waals surface area contributed by atoms with Gasteiger partial charge in [-0.2, -0.15) is 5.26 Å². The molecule has 2 N–H and O–H groups in total. The number of nitriles is 1. The molecule has 2 rings (SSSR count). The van der Waals surface area contributed by atoms with Crippen LogP contribution in [0.15, 0.2) is 34.9 Å². The Labute approximate surface area is 146 Å². The summed E-state index contributed by atoms with van der Waals surface area (Å²) in [5.74, 6) is -0.554. The van der Waals surface area contributed by atoms with Gasteiger partial charge in [-0.15, -0.1) is 11.3 Å². The number of nitrogens with zero attached hydrogens (tertiary/aromatic N) is 1. The summed E-state index contributed by atoms with van der Waals surface area (Å²) in [6.07, 6.45) is 3.22. The molecule has 0 saturated heterocycles. The summed E-state index contributed by atoms with van der Waals surface area (Å²) in [4.78, 5) is 14.6. The molecule has 0 aliphatic carbocycles. The molecular formula is C18H22N2O3S. The van der Waals surface area contributed by atoms with E-state index >= 15 is 0 Å². The maximum atomic E-state index is 12.4. The van der Waals surface area contributed by atoms with Gasteiger partial charge in [0.2, 0.25) is 5.88 Å². The lowest BCUT2D eigenvalue weighted by Crippen LogP contribution is -2.25. The van der Waals surface area contributed by atoms with E-state index in [2.05, 4.69) is 19.1 Å². The van der Waals surface area contributed by atoms with Crippen molar-refractivity contribution in [3.63, 3.8) is 0 Å². The number of aryl methyl sites for hydroxylation is 1. The first-order valence-electron chi connectivity index (χ1n) is 8.07. The number of carbonyl (C=O) groups excluding carboxylic acids is 1. The Kier molecular flexibility index (Phi) is 6.04. The van der Waals surface area contributed by atoms with Crippen LogP contribution in [0, 0.1) is 11.3 Å². The lowest BCUT2D eigenvalue weighted by molar-refractivity contribution is -0.139. The second-order valence-electron chi connectivity index (χ2n) is 5.52. The number of allylic oxidation sites excluding steroid dienone is 2. The molecule has 0 bridgehead atoms. The molecule has 5 nitrogen and oxygen atoms in total. The van der Waals surface area contributed by atoms with Crippen LogP contribution in [0.25, 0.3) is 0 Å². The third kappa shape index (κ3) is 3.62. The smallest absolute Gasteiger partial charge is 0.338 e. The van der Waals surface area contributed by atoms with Gasteiger partial charge < -0.3 is 15.2 Å². The molecular weight excluding hydrogens is 324 g/mol. The summed E-state index contributed by atoms with van der Waals surface area (Å²) >= 11 is 1.60. The SMILES string of the molecule is CCCCc1ccc(C2C(C#N)=C(N)OC(C)=C2C(=O)OCC)s1. The standard InChI is InChI=1S/C18H22N2O3S/c1-4-6-7-12-8-9-14(24-12)16-13(10-19)17(20)23-11(3)15(16)18(21)22-5-2/h8-9,16H,4-7,20H2,1-3H3. The fraction of sp³-hybridized carbons (Fsp3) is 0.444. The first kappa shape index (κ1) is 18.1. The number of thiophene rings is 1. The zero-order chi connectivity index (χ0) is 17.7. The molecule has 1 unspecified atom stereocenters. The maximum Gasteiger partial charge on any atom is 0.338 e. The molecule has 0 aromatic carbocycles. The quantitative estimate of drug-likeness (QED) is 0.793. The van der Waals surface area contributed by atoms with E-state index in [1.54, 1.807) is 25.2 Å². The van der Waals surface area contributed by atoms with Gasteiger partial charge in [0.05, 0.1) is 18.1 Å².